The SMILES string of the molecule is CCC(CC)N1C(=O)c2ccc(-c3ccc(Cl)cc3Cl)c3nc(C)cc1c23. The van der Waals surface area contributed by atoms with Gasteiger partial charge in [-0.25, -0.2) is 0 Å². The second-order valence-corrected chi connectivity index (χ2v) is 7.78. The fourth-order valence-corrected chi connectivity index (χ4v) is 4.50. The lowest BCUT2D eigenvalue weighted by molar-refractivity contribution is 0.0982. The molecule has 4 rings (SSSR count). The number of aryl methyl sites for hydroxylation is 1. The van der Waals surface area contributed by atoms with Crippen LogP contribution < -0.4 is 4.90 Å². The Kier molecular flexibility index (Phi) is 4.61. The highest BCUT2D eigenvalue weighted by atomic mass is 35.5. The summed E-state index contributed by atoms with van der Waals surface area (Å²) in [5.41, 5.74) is 5.15. The van der Waals surface area contributed by atoms with E-state index < -0.39 is 0 Å². The second-order valence-electron chi connectivity index (χ2n) is 6.94. The van der Waals surface area contributed by atoms with Crippen LogP contribution in [0.5, 0.6) is 0 Å². The third-order valence-corrected chi connectivity index (χ3v) is 5.85. The van der Waals surface area contributed by atoms with Crippen LogP contribution in [0.4, 0.5) is 5.69 Å². The van der Waals surface area contributed by atoms with E-state index in [1.54, 1.807) is 6.07 Å². The molecule has 27 heavy (non-hydrogen) atoms. The molecule has 0 atom stereocenters. The number of hydrogen-bond acceptors (Lipinski definition) is 2. The summed E-state index contributed by atoms with van der Waals surface area (Å²) in [7, 11) is 0. The van der Waals surface area contributed by atoms with Crippen molar-refractivity contribution in [2.24, 2.45) is 0 Å². The van der Waals surface area contributed by atoms with Crippen molar-refractivity contribution in [1.82, 2.24) is 4.98 Å². The lowest BCUT2D eigenvalue weighted by Gasteiger charge is -2.27. The van der Waals surface area contributed by atoms with Gasteiger partial charge in [-0.15, -0.1) is 0 Å². The van der Waals surface area contributed by atoms with Crippen molar-refractivity contribution in [2.75, 3.05) is 4.90 Å². The van der Waals surface area contributed by atoms with Gasteiger partial charge in [0.1, 0.15) is 0 Å². The number of carbonyl (C=O) groups excluding carboxylic acids is 1. The van der Waals surface area contributed by atoms with Gasteiger partial charge >= 0.3 is 0 Å². The van der Waals surface area contributed by atoms with Crippen molar-refractivity contribution in [2.45, 2.75) is 39.7 Å². The number of hydrogen-bond donors (Lipinski definition) is 0. The van der Waals surface area contributed by atoms with E-state index in [9.17, 15) is 4.79 Å². The minimum Gasteiger partial charge on any atom is -0.305 e. The average Bonchev–Trinajstić information content (AvgIpc) is 2.91. The highest BCUT2D eigenvalue weighted by Crippen LogP contribution is 2.44. The van der Waals surface area contributed by atoms with Crippen LogP contribution in [0.2, 0.25) is 10.0 Å². The molecule has 2 heterocycles. The van der Waals surface area contributed by atoms with Gasteiger partial charge in [-0.05, 0) is 44.0 Å². The molecule has 5 heteroatoms. The van der Waals surface area contributed by atoms with Gasteiger partial charge in [0.2, 0.25) is 0 Å². The Morgan fingerprint density at radius 3 is 2.33 bits per heavy atom. The normalized spacial score (nSPS) is 13.3. The molecule has 0 fully saturated rings. The monoisotopic (exact) mass is 398 g/mol. The average molecular weight is 399 g/mol. The number of rotatable bonds is 4. The van der Waals surface area contributed by atoms with Crippen molar-refractivity contribution < 1.29 is 4.79 Å². The number of pyridine rings is 1. The van der Waals surface area contributed by atoms with E-state index in [-0.39, 0.29) is 11.9 Å². The number of carbonyl (C=O) groups is 1. The van der Waals surface area contributed by atoms with Crippen molar-refractivity contribution in [3.05, 3.63) is 57.7 Å². The van der Waals surface area contributed by atoms with Crippen LogP contribution in [0.25, 0.3) is 22.0 Å². The zero-order valence-corrected chi connectivity index (χ0v) is 17.0. The minimum atomic E-state index is 0.0600. The summed E-state index contributed by atoms with van der Waals surface area (Å²) < 4.78 is 0. The van der Waals surface area contributed by atoms with Crippen LogP contribution in [0.15, 0.2) is 36.4 Å². The number of benzene rings is 2. The van der Waals surface area contributed by atoms with E-state index in [0.29, 0.717) is 15.6 Å². The van der Waals surface area contributed by atoms with Crippen LogP contribution in [-0.2, 0) is 0 Å². The van der Waals surface area contributed by atoms with E-state index in [4.69, 9.17) is 28.2 Å². The standard InChI is InChI=1S/C22H20Cl2N2O/c1-4-14(5-2)26-19-10-12(3)25-21-16(8-9-17(20(19)21)22(26)27)15-7-6-13(23)11-18(15)24/h6-11,14H,4-5H2,1-3H3. The van der Waals surface area contributed by atoms with Crippen molar-refractivity contribution in [3.8, 4) is 11.1 Å². The molecule has 3 aromatic rings. The first-order valence-corrected chi connectivity index (χ1v) is 9.95. The molecule has 0 bridgehead atoms. The fourth-order valence-electron chi connectivity index (χ4n) is 3.99. The Morgan fingerprint density at radius 1 is 1.00 bits per heavy atom. The molecular weight excluding hydrogens is 379 g/mol. The van der Waals surface area contributed by atoms with Gasteiger partial charge in [-0.1, -0.05) is 49.2 Å². The predicted molar refractivity (Wildman–Crippen MR) is 113 cm³/mol. The van der Waals surface area contributed by atoms with Crippen LogP contribution in [0, 0.1) is 6.92 Å². The van der Waals surface area contributed by atoms with Gasteiger partial charge in [0.25, 0.3) is 5.91 Å². The molecule has 3 nitrogen and oxygen atoms in total. The maximum absolute atomic E-state index is 13.2. The molecule has 0 radical (unpaired) electrons. The first-order valence-electron chi connectivity index (χ1n) is 9.19. The third-order valence-electron chi connectivity index (χ3n) is 5.31. The number of anilines is 1. The Morgan fingerprint density at radius 2 is 1.67 bits per heavy atom. The molecule has 0 N–H and O–H groups in total. The first-order chi connectivity index (χ1) is 13.0. The van der Waals surface area contributed by atoms with Crippen LogP contribution in [0.3, 0.4) is 0 Å². The van der Waals surface area contributed by atoms with Gasteiger partial charge in [0.05, 0.1) is 16.8 Å². The predicted octanol–water partition coefficient (Wildman–Crippen LogP) is 6.67. The highest BCUT2D eigenvalue weighted by Gasteiger charge is 2.35. The van der Waals surface area contributed by atoms with Crippen molar-refractivity contribution in [3.63, 3.8) is 0 Å². The molecule has 1 aromatic heterocycles. The number of nitrogens with zero attached hydrogens (tertiary/aromatic N) is 2. The summed E-state index contributed by atoms with van der Waals surface area (Å²) in [6, 6.07) is 11.5. The Balaban J connectivity index is 2.03. The molecule has 2 aromatic carbocycles. The lowest BCUT2D eigenvalue weighted by atomic mass is 9.98. The zero-order chi connectivity index (χ0) is 19.3. The van der Waals surface area contributed by atoms with E-state index in [1.807, 2.05) is 42.2 Å². The van der Waals surface area contributed by atoms with Crippen molar-refractivity contribution >= 4 is 45.7 Å². The van der Waals surface area contributed by atoms with Gasteiger partial charge in [-0.2, -0.15) is 0 Å². The molecule has 0 unspecified atom stereocenters. The number of aromatic nitrogens is 1. The second kappa shape index (κ2) is 6.81. The Hall–Kier alpha value is -2.10. The van der Waals surface area contributed by atoms with Gasteiger partial charge in [-0.3, -0.25) is 9.78 Å². The summed E-state index contributed by atoms with van der Waals surface area (Å²) in [5, 5.41) is 2.08. The van der Waals surface area contributed by atoms with Crippen LogP contribution in [-0.4, -0.2) is 16.9 Å². The lowest BCUT2D eigenvalue weighted by Crippen LogP contribution is -2.37. The molecule has 0 saturated heterocycles. The molecule has 0 spiro atoms. The summed E-state index contributed by atoms with van der Waals surface area (Å²) in [4.78, 5) is 19.9. The van der Waals surface area contributed by atoms with Gasteiger partial charge in [0.15, 0.2) is 0 Å². The molecule has 1 aliphatic heterocycles. The quantitative estimate of drug-likeness (QED) is 0.491. The van der Waals surface area contributed by atoms with E-state index in [1.165, 1.54) is 0 Å². The zero-order valence-electron chi connectivity index (χ0n) is 15.5. The Labute approximate surface area is 168 Å². The van der Waals surface area contributed by atoms with E-state index in [2.05, 4.69) is 13.8 Å². The summed E-state index contributed by atoms with van der Waals surface area (Å²) in [6.07, 6.45) is 1.82. The summed E-state index contributed by atoms with van der Waals surface area (Å²) in [5.74, 6) is 0.0600. The topological polar surface area (TPSA) is 33.2 Å². The first kappa shape index (κ1) is 18.3. The van der Waals surface area contributed by atoms with Crippen LogP contribution in [0.1, 0.15) is 42.7 Å². The van der Waals surface area contributed by atoms with E-state index in [0.717, 1.165) is 46.3 Å². The maximum Gasteiger partial charge on any atom is 0.259 e. The Bertz CT molecular complexity index is 1070. The molecule has 0 saturated carbocycles. The molecule has 1 amide bonds. The van der Waals surface area contributed by atoms with Crippen molar-refractivity contribution in [1.29, 1.82) is 0 Å². The largest absolute Gasteiger partial charge is 0.305 e. The smallest absolute Gasteiger partial charge is 0.259 e. The maximum atomic E-state index is 13.2. The number of amides is 1. The van der Waals surface area contributed by atoms with E-state index >= 15 is 0 Å². The number of halogens is 2. The molecule has 1 aliphatic rings. The fraction of sp³-hybridized carbons (Fsp3) is 0.273. The van der Waals surface area contributed by atoms with Crippen LogP contribution >= 0.6 is 23.2 Å². The molecule has 138 valence electrons. The summed E-state index contributed by atoms with van der Waals surface area (Å²) >= 11 is 12.5. The van der Waals surface area contributed by atoms with Gasteiger partial charge in [0, 0.05) is 38.3 Å². The molecule has 0 aliphatic carbocycles. The summed E-state index contributed by atoms with van der Waals surface area (Å²) in [6.45, 7) is 6.20. The third kappa shape index (κ3) is 2.81. The molecular formula is C22H20Cl2N2O. The highest BCUT2D eigenvalue weighted by molar-refractivity contribution is 6.37. The minimum absolute atomic E-state index is 0.0600. The van der Waals surface area contributed by atoms with Gasteiger partial charge < -0.3 is 4.90 Å².